The molecule has 134 valence electrons. The number of hydrogen-bond acceptors (Lipinski definition) is 7. The quantitative estimate of drug-likeness (QED) is 0.485. The largest absolute Gasteiger partial charge is 0.496 e. The third-order valence-corrected chi connectivity index (χ3v) is 3.55. The summed E-state index contributed by atoms with van der Waals surface area (Å²) in [6.45, 7) is 1.62. The highest BCUT2D eigenvalue weighted by atomic mass is 19.1. The van der Waals surface area contributed by atoms with Gasteiger partial charge in [-0.2, -0.15) is 0 Å². The highest BCUT2D eigenvalue weighted by Gasteiger charge is 2.22. The number of nitro groups is 1. The molecule has 0 saturated heterocycles. The number of ether oxygens (including phenoxy) is 2. The van der Waals surface area contributed by atoms with Crippen molar-refractivity contribution in [3.8, 4) is 23.0 Å². The molecule has 1 aromatic heterocycles. The van der Waals surface area contributed by atoms with Crippen molar-refractivity contribution in [2.75, 3.05) is 7.11 Å². The Morgan fingerprint density at radius 3 is 2.58 bits per heavy atom. The van der Waals surface area contributed by atoms with E-state index in [4.69, 9.17) is 13.9 Å². The van der Waals surface area contributed by atoms with E-state index in [9.17, 15) is 14.5 Å². The van der Waals surface area contributed by atoms with Gasteiger partial charge >= 0.3 is 5.69 Å². The molecule has 1 atom stereocenters. The van der Waals surface area contributed by atoms with Gasteiger partial charge in [-0.25, -0.2) is 4.39 Å². The Morgan fingerprint density at radius 2 is 1.92 bits per heavy atom. The molecule has 0 aliphatic carbocycles. The molecular weight excluding hydrogens is 345 g/mol. The van der Waals surface area contributed by atoms with Crippen LogP contribution in [0, 0.1) is 15.9 Å². The predicted octanol–water partition coefficient (Wildman–Crippen LogP) is 3.93. The normalized spacial score (nSPS) is 11.8. The van der Waals surface area contributed by atoms with Gasteiger partial charge in [-0.1, -0.05) is 0 Å². The number of nitro benzene ring substituents is 1. The maximum atomic E-state index is 13.0. The van der Waals surface area contributed by atoms with Crippen molar-refractivity contribution in [1.82, 2.24) is 10.2 Å². The highest BCUT2D eigenvalue weighted by Crippen LogP contribution is 2.34. The Kier molecular flexibility index (Phi) is 4.78. The topological polar surface area (TPSA) is 101 Å². The molecule has 3 rings (SSSR count). The van der Waals surface area contributed by atoms with Crippen LogP contribution < -0.4 is 9.47 Å². The first-order chi connectivity index (χ1) is 12.5. The van der Waals surface area contributed by atoms with Gasteiger partial charge in [0.25, 0.3) is 5.89 Å². The summed E-state index contributed by atoms with van der Waals surface area (Å²) in [5.41, 5.74) is 0.308. The van der Waals surface area contributed by atoms with Gasteiger partial charge in [0.2, 0.25) is 5.89 Å². The SMILES string of the molecule is COc1ccc(O[C@H](C)c2nnc(-c3ccc(F)cc3)o2)c([N+](=O)[O-])c1. The molecule has 9 heteroatoms. The fourth-order valence-corrected chi connectivity index (χ4v) is 2.22. The van der Waals surface area contributed by atoms with Gasteiger partial charge in [-0.05, 0) is 43.3 Å². The van der Waals surface area contributed by atoms with Crippen molar-refractivity contribution < 1.29 is 23.2 Å². The van der Waals surface area contributed by atoms with Crippen LogP contribution in [0.4, 0.5) is 10.1 Å². The van der Waals surface area contributed by atoms with Gasteiger partial charge in [0, 0.05) is 5.56 Å². The molecule has 0 saturated carbocycles. The van der Waals surface area contributed by atoms with E-state index in [1.54, 1.807) is 13.0 Å². The summed E-state index contributed by atoms with van der Waals surface area (Å²) >= 11 is 0. The minimum atomic E-state index is -0.733. The average molecular weight is 359 g/mol. The number of nitrogens with zero attached hydrogens (tertiary/aromatic N) is 3. The van der Waals surface area contributed by atoms with Gasteiger partial charge in [-0.15, -0.1) is 10.2 Å². The smallest absolute Gasteiger partial charge is 0.314 e. The van der Waals surface area contributed by atoms with Crippen molar-refractivity contribution >= 4 is 5.69 Å². The third-order valence-electron chi connectivity index (χ3n) is 3.55. The first kappa shape index (κ1) is 17.3. The summed E-state index contributed by atoms with van der Waals surface area (Å²) in [5, 5.41) is 19.0. The van der Waals surface area contributed by atoms with E-state index in [-0.39, 0.29) is 29.0 Å². The monoisotopic (exact) mass is 359 g/mol. The van der Waals surface area contributed by atoms with Gasteiger partial charge in [-0.3, -0.25) is 10.1 Å². The van der Waals surface area contributed by atoms with Crippen molar-refractivity contribution in [2.45, 2.75) is 13.0 Å². The van der Waals surface area contributed by atoms with Crippen LogP contribution >= 0.6 is 0 Å². The van der Waals surface area contributed by atoms with Gasteiger partial charge in [0.15, 0.2) is 11.9 Å². The van der Waals surface area contributed by atoms with E-state index in [1.165, 1.54) is 43.5 Å². The maximum absolute atomic E-state index is 13.0. The number of rotatable bonds is 6. The molecule has 0 spiro atoms. The Bertz CT molecular complexity index is 926. The molecule has 8 nitrogen and oxygen atoms in total. The number of halogens is 1. The average Bonchev–Trinajstić information content (AvgIpc) is 3.12. The summed E-state index contributed by atoms with van der Waals surface area (Å²) < 4.78 is 29.1. The second-order valence-electron chi connectivity index (χ2n) is 5.30. The van der Waals surface area contributed by atoms with Crippen LogP contribution in [0.3, 0.4) is 0 Å². The molecule has 0 aliphatic rings. The maximum Gasteiger partial charge on any atom is 0.314 e. The Morgan fingerprint density at radius 1 is 1.19 bits per heavy atom. The molecule has 0 fully saturated rings. The molecule has 3 aromatic rings. The zero-order valence-corrected chi connectivity index (χ0v) is 13.9. The van der Waals surface area contributed by atoms with E-state index < -0.39 is 11.0 Å². The molecule has 0 bridgehead atoms. The molecule has 0 N–H and O–H groups in total. The van der Waals surface area contributed by atoms with Crippen LogP contribution in [0.25, 0.3) is 11.5 Å². The van der Waals surface area contributed by atoms with E-state index >= 15 is 0 Å². The summed E-state index contributed by atoms with van der Waals surface area (Å²) in [6.07, 6.45) is -0.733. The van der Waals surface area contributed by atoms with Gasteiger partial charge in [0.1, 0.15) is 11.6 Å². The summed E-state index contributed by atoms with van der Waals surface area (Å²) in [6, 6.07) is 9.82. The second kappa shape index (κ2) is 7.18. The minimum absolute atomic E-state index is 0.0461. The van der Waals surface area contributed by atoms with Crippen molar-refractivity contribution in [3.63, 3.8) is 0 Å². The third kappa shape index (κ3) is 3.61. The molecule has 1 heterocycles. The first-order valence-electron chi connectivity index (χ1n) is 7.56. The van der Waals surface area contributed by atoms with Gasteiger partial charge < -0.3 is 13.9 Å². The number of methoxy groups -OCH3 is 1. The lowest BCUT2D eigenvalue weighted by Gasteiger charge is -2.11. The predicted molar refractivity (Wildman–Crippen MR) is 88.4 cm³/mol. The van der Waals surface area contributed by atoms with E-state index in [1.807, 2.05) is 0 Å². The number of aromatic nitrogens is 2. The van der Waals surface area contributed by atoms with Crippen molar-refractivity contribution in [1.29, 1.82) is 0 Å². The Hall–Kier alpha value is -3.49. The molecule has 0 amide bonds. The lowest BCUT2D eigenvalue weighted by molar-refractivity contribution is -0.386. The molecule has 2 aromatic carbocycles. The second-order valence-corrected chi connectivity index (χ2v) is 5.30. The zero-order valence-electron chi connectivity index (χ0n) is 13.9. The van der Waals surface area contributed by atoms with E-state index in [0.717, 1.165) is 0 Å². The van der Waals surface area contributed by atoms with Crippen molar-refractivity contribution in [3.05, 3.63) is 64.3 Å². The Labute approximate surface area is 147 Å². The zero-order chi connectivity index (χ0) is 18.7. The minimum Gasteiger partial charge on any atom is -0.496 e. The van der Waals surface area contributed by atoms with Crippen LogP contribution in [0.5, 0.6) is 11.5 Å². The fraction of sp³-hybridized carbons (Fsp3) is 0.176. The molecule has 0 radical (unpaired) electrons. The highest BCUT2D eigenvalue weighted by molar-refractivity contribution is 5.52. The van der Waals surface area contributed by atoms with Crippen LogP contribution in [0.15, 0.2) is 46.9 Å². The molecular formula is C17H14FN3O5. The summed E-state index contributed by atoms with van der Waals surface area (Å²) in [4.78, 5) is 10.6. The lowest BCUT2D eigenvalue weighted by Crippen LogP contribution is -2.05. The van der Waals surface area contributed by atoms with Crippen molar-refractivity contribution in [2.24, 2.45) is 0 Å². The summed E-state index contributed by atoms with van der Waals surface area (Å²) in [5.74, 6) is 0.337. The van der Waals surface area contributed by atoms with E-state index in [0.29, 0.717) is 11.3 Å². The van der Waals surface area contributed by atoms with Crippen LogP contribution in [-0.4, -0.2) is 22.2 Å². The van der Waals surface area contributed by atoms with Crippen LogP contribution in [-0.2, 0) is 0 Å². The standard InChI is InChI=1S/C17H14FN3O5/c1-10(25-15-8-7-13(24-2)9-14(15)21(22)23)16-19-20-17(26-16)11-3-5-12(18)6-4-11/h3-10H,1-2H3/t10-/m1/s1. The fourth-order valence-electron chi connectivity index (χ4n) is 2.22. The molecule has 0 unspecified atom stereocenters. The van der Waals surface area contributed by atoms with Crippen LogP contribution in [0.1, 0.15) is 18.9 Å². The number of hydrogen-bond donors (Lipinski definition) is 0. The summed E-state index contributed by atoms with van der Waals surface area (Å²) in [7, 11) is 1.41. The van der Waals surface area contributed by atoms with E-state index in [2.05, 4.69) is 10.2 Å². The lowest BCUT2D eigenvalue weighted by atomic mass is 10.2. The first-order valence-corrected chi connectivity index (χ1v) is 7.56. The molecule has 26 heavy (non-hydrogen) atoms. The number of benzene rings is 2. The van der Waals surface area contributed by atoms with Crippen LogP contribution in [0.2, 0.25) is 0 Å². The van der Waals surface area contributed by atoms with Gasteiger partial charge in [0.05, 0.1) is 18.1 Å². The Balaban J connectivity index is 1.82. The molecule has 0 aliphatic heterocycles.